The quantitative estimate of drug-likeness (QED) is 0.544. The molecule has 3 aromatic rings. The standard InChI is InChI=1S/C28H34N6O/c1-17-25-21-8-23(20-4-2-3-5-24(20)35)31-32-26(21)30-22(25)6-7-34(17)19-11-28(12-19)15-33(16-28)18-9-27(10-18)13-29-14-27/h2-5,8,17-19,29,35H,6-7,9-16H2,1H3,(H,30,32)/t17-/m1/s1. The molecule has 3 N–H and O–H groups in total. The average molecular weight is 471 g/mol. The van der Waals surface area contributed by atoms with Crippen LogP contribution in [0.15, 0.2) is 30.3 Å². The molecule has 4 fully saturated rings. The summed E-state index contributed by atoms with van der Waals surface area (Å²) in [6, 6.07) is 11.4. The van der Waals surface area contributed by atoms with Crippen LogP contribution in [0.4, 0.5) is 0 Å². The Bertz CT molecular complexity index is 1310. The van der Waals surface area contributed by atoms with E-state index in [4.69, 9.17) is 0 Å². The summed E-state index contributed by atoms with van der Waals surface area (Å²) in [5, 5.41) is 23.9. The molecule has 35 heavy (non-hydrogen) atoms. The van der Waals surface area contributed by atoms with E-state index in [1.807, 2.05) is 18.2 Å². The van der Waals surface area contributed by atoms with Crippen LogP contribution in [0.1, 0.15) is 49.9 Å². The first-order valence-corrected chi connectivity index (χ1v) is 13.4. The minimum atomic E-state index is 0.246. The SMILES string of the molecule is C[C@@H]1c2c([nH]c3nnc(-c4ccccc4O)cc23)CCN1C1CC2(C1)CN(C1CC3(CNC3)C1)C2. The van der Waals surface area contributed by atoms with E-state index in [9.17, 15) is 5.11 Å². The van der Waals surface area contributed by atoms with Gasteiger partial charge in [0.05, 0.1) is 5.69 Å². The fourth-order valence-corrected chi connectivity index (χ4v) is 8.13. The van der Waals surface area contributed by atoms with Crippen LogP contribution in [0.3, 0.4) is 0 Å². The Hall–Kier alpha value is -2.48. The second kappa shape index (κ2) is 7.05. The molecule has 5 heterocycles. The first-order chi connectivity index (χ1) is 17.0. The van der Waals surface area contributed by atoms with Crippen molar-refractivity contribution in [1.29, 1.82) is 0 Å². The molecule has 0 unspecified atom stereocenters. The fraction of sp³-hybridized carbons (Fsp3) is 0.571. The highest BCUT2D eigenvalue weighted by molar-refractivity contribution is 5.86. The van der Waals surface area contributed by atoms with Crippen molar-refractivity contribution in [2.24, 2.45) is 10.8 Å². The molecule has 5 aliphatic rings. The molecule has 2 spiro atoms. The van der Waals surface area contributed by atoms with Crippen LogP contribution in [0.2, 0.25) is 0 Å². The van der Waals surface area contributed by atoms with Crippen LogP contribution in [0.5, 0.6) is 5.75 Å². The molecular weight excluding hydrogens is 436 g/mol. The molecule has 8 rings (SSSR count). The lowest BCUT2D eigenvalue weighted by Gasteiger charge is -2.67. The number of nitrogens with zero attached hydrogens (tertiary/aromatic N) is 4. The minimum Gasteiger partial charge on any atom is -0.507 e. The number of benzene rings is 1. The molecule has 3 aliphatic heterocycles. The van der Waals surface area contributed by atoms with Gasteiger partial charge in [-0.15, -0.1) is 10.2 Å². The third kappa shape index (κ3) is 2.95. The molecule has 7 heteroatoms. The fourth-order valence-electron chi connectivity index (χ4n) is 8.13. The zero-order chi connectivity index (χ0) is 23.4. The lowest BCUT2D eigenvalue weighted by molar-refractivity contribution is -0.164. The summed E-state index contributed by atoms with van der Waals surface area (Å²) in [5.41, 5.74) is 6.29. The summed E-state index contributed by atoms with van der Waals surface area (Å²) in [6.07, 6.45) is 6.60. The van der Waals surface area contributed by atoms with Crippen LogP contribution in [-0.4, -0.2) is 74.9 Å². The number of fused-ring (bicyclic) bond motifs is 3. The highest BCUT2D eigenvalue weighted by Crippen LogP contribution is 2.56. The largest absolute Gasteiger partial charge is 0.507 e. The normalized spacial score (nSPS) is 29.4. The van der Waals surface area contributed by atoms with Crippen molar-refractivity contribution in [3.63, 3.8) is 0 Å². The number of aromatic hydroxyl groups is 1. The van der Waals surface area contributed by atoms with Crippen molar-refractivity contribution < 1.29 is 5.11 Å². The molecular formula is C28H34N6O. The lowest BCUT2D eigenvalue weighted by Crippen LogP contribution is -2.73. The van der Waals surface area contributed by atoms with Gasteiger partial charge in [0, 0.05) is 73.9 Å². The number of aromatic amines is 1. The van der Waals surface area contributed by atoms with E-state index in [0.29, 0.717) is 22.9 Å². The summed E-state index contributed by atoms with van der Waals surface area (Å²) in [6.45, 7) is 8.66. The summed E-state index contributed by atoms with van der Waals surface area (Å²) in [7, 11) is 0. The van der Waals surface area contributed by atoms with Gasteiger partial charge in [0.1, 0.15) is 5.75 Å². The molecule has 2 aromatic heterocycles. The van der Waals surface area contributed by atoms with Crippen molar-refractivity contribution in [2.45, 2.75) is 57.2 Å². The molecule has 2 aliphatic carbocycles. The van der Waals surface area contributed by atoms with Gasteiger partial charge in [-0.2, -0.15) is 0 Å². The number of hydrogen-bond donors (Lipinski definition) is 3. The van der Waals surface area contributed by atoms with Gasteiger partial charge in [-0.25, -0.2) is 0 Å². The van der Waals surface area contributed by atoms with Gasteiger partial charge in [-0.1, -0.05) is 12.1 Å². The molecule has 0 amide bonds. The maximum atomic E-state index is 10.3. The third-order valence-corrected chi connectivity index (χ3v) is 10.1. The predicted molar refractivity (Wildman–Crippen MR) is 135 cm³/mol. The zero-order valence-electron chi connectivity index (χ0n) is 20.4. The summed E-state index contributed by atoms with van der Waals surface area (Å²) < 4.78 is 0. The van der Waals surface area contributed by atoms with Gasteiger partial charge in [0.2, 0.25) is 0 Å². The first-order valence-electron chi connectivity index (χ1n) is 13.4. The highest BCUT2D eigenvalue weighted by Gasteiger charge is 2.59. The van der Waals surface area contributed by atoms with E-state index < -0.39 is 0 Å². The molecule has 0 bridgehead atoms. The van der Waals surface area contributed by atoms with Gasteiger partial charge in [-0.05, 0) is 67.2 Å². The molecule has 2 saturated heterocycles. The Morgan fingerprint density at radius 1 is 1.00 bits per heavy atom. The molecule has 2 saturated carbocycles. The van der Waals surface area contributed by atoms with Gasteiger partial charge >= 0.3 is 0 Å². The number of rotatable bonds is 3. The van der Waals surface area contributed by atoms with Gasteiger partial charge < -0.3 is 15.4 Å². The first kappa shape index (κ1) is 20.7. The van der Waals surface area contributed by atoms with E-state index >= 15 is 0 Å². The number of aromatic nitrogens is 3. The smallest absolute Gasteiger partial charge is 0.160 e. The predicted octanol–water partition coefficient (Wildman–Crippen LogP) is 3.47. The maximum Gasteiger partial charge on any atom is 0.160 e. The minimum absolute atomic E-state index is 0.246. The Morgan fingerprint density at radius 3 is 2.51 bits per heavy atom. The third-order valence-electron chi connectivity index (χ3n) is 10.1. The average Bonchev–Trinajstić information content (AvgIpc) is 3.11. The summed E-state index contributed by atoms with van der Waals surface area (Å²) in [4.78, 5) is 9.09. The molecule has 182 valence electrons. The van der Waals surface area contributed by atoms with E-state index in [-0.39, 0.29) is 5.75 Å². The Morgan fingerprint density at radius 2 is 1.77 bits per heavy atom. The Balaban J connectivity index is 0.984. The second-order valence-electron chi connectivity index (χ2n) is 12.3. The van der Waals surface area contributed by atoms with Crippen molar-refractivity contribution in [2.75, 3.05) is 32.7 Å². The van der Waals surface area contributed by atoms with Crippen molar-refractivity contribution in [3.8, 4) is 17.0 Å². The molecule has 7 nitrogen and oxygen atoms in total. The number of phenolic OH excluding ortho intramolecular Hbond substituents is 1. The van der Waals surface area contributed by atoms with E-state index in [0.717, 1.165) is 41.3 Å². The molecule has 1 aromatic carbocycles. The summed E-state index contributed by atoms with van der Waals surface area (Å²) in [5.74, 6) is 0.246. The summed E-state index contributed by atoms with van der Waals surface area (Å²) >= 11 is 0. The molecule has 0 radical (unpaired) electrons. The van der Waals surface area contributed by atoms with Crippen molar-refractivity contribution >= 4 is 11.0 Å². The maximum absolute atomic E-state index is 10.3. The van der Waals surface area contributed by atoms with Crippen molar-refractivity contribution in [3.05, 3.63) is 41.6 Å². The van der Waals surface area contributed by atoms with Crippen LogP contribution in [0.25, 0.3) is 22.3 Å². The topological polar surface area (TPSA) is 80.3 Å². The number of para-hydroxylation sites is 1. The molecule has 1 atom stereocenters. The number of phenols is 1. The lowest BCUT2D eigenvalue weighted by atomic mass is 9.56. The Kier molecular flexibility index (Phi) is 4.17. The van der Waals surface area contributed by atoms with E-state index in [1.54, 1.807) is 6.07 Å². The van der Waals surface area contributed by atoms with Gasteiger partial charge in [0.25, 0.3) is 0 Å². The number of likely N-dealkylation sites (tertiary alicyclic amines) is 1. The van der Waals surface area contributed by atoms with Crippen LogP contribution in [0, 0.1) is 10.8 Å². The number of nitrogens with one attached hydrogen (secondary N) is 2. The van der Waals surface area contributed by atoms with Crippen LogP contribution < -0.4 is 5.32 Å². The van der Waals surface area contributed by atoms with Crippen molar-refractivity contribution in [1.82, 2.24) is 30.3 Å². The van der Waals surface area contributed by atoms with Crippen LogP contribution >= 0.6 is 0 Å². The second-order valence-corrected chi connectivity index (χ2v) is 12.3. The number of hydrogen-bond acceptors (Lipinski definition) is 6. The van der Waals surface area contributed by atoms with Crippen LogP contribution in [-0.2, 0) is 6.42 Å². The number of H-pyrrole nitrogens is 1. The van der Waals surface area contributed by atoms with Gasteiger partial charge in [0.15, 0.2) is 5.65 Å². The van der Waals surface area contributed by atoms with E-state index in [2.05, 4.69) is 43.3 Å². The Labute approximate surface area is 205 Å². The van der Waals surface area contributed by atoms with E-state index in [1.165, 1.54) is 63.1 Å². The monoisotopic (exact) mass is 470 g/mol. The zero-order valence-corrected chi connectivity index (χ0v) is 20.4. The highest BCUT2D eigenvalue weighted by atomic mass is 16.3. The van der Waals surface area contributed by atoms with Gasteiger partial charge in [-0.3, -0.25) is 9.80 Å².